The molecule has 4 rings (SSSR count). The van der Waals surface area contributed by atoms with E-state index < -0.39 is 0 Å². The number of aromatic nitrogens is 3. The van der Waals surface area contributed by atoms with Gasteiger partial charge in [-0.2, -0.15) is 15.5 Å². The zero-order valence-electron chi connectivity index (χ0n) is 22.2. The minimum Gasteiger partial charge on any atom is -0.293 e. The number of hydrogen-bond acceptors (Lipinski definition) is 7. The van der Waals surface area contributed by atoms with Gasteiger partial charge in [0, 0.05) is 5.92 Å². The van der Waals surface area contributed by atoms with E-state index >= 15 is 0 Å². The molecule has 38 heavy (non-hydrogen) atoms. The van der Waals surface area contributed by atoms with Gasteiger partial charge in [0.15, 0.2) is 17.2 Å². The monoisotopic (exact) mass is 521 g/mol. The number of benzene rings is 2. The summed E-state index contributed by atoms with van der Waals surface area (Å²) in [6, 6.07) is 22.5. The van der Waals surface area contributed by atoms with Crippen molar-refractivity contribution in [2.24, 2.45) is 10.2 Å². The summed E-state index contributed by atoms with van der Waals surface area (Å²) in [5.41, 5.74) is 3.49. The lowest BCUT2D eigenvalue weighted by atomic mass is 9.98. The molecule has 8 heteroatoms. The van der Waals surface area contributed by atoms with E-state index in [4.69, 9.17) is 4.98 Å². The van der Waals surface area contributed by atoms with E-state index in [1.54, 1.807) is 15.9 Å². The smallest absolute Gasteiger partial charge is 0.252 e. The fourth-order valence-corrected chi connectivity index (χ4v) is 5.58. The molecule has 2 aromatic heterocycles. The molecular formula is C30H31N7S. The van der Waals surface area contributed by atoms with Crippen LogP contribution < -0.4 is 0 Å². The maximum atomic E-state index is 9.82. The van der Waals surface area contributed by atoms with Crippen LogP contribution >= 0.6 is 11.3 Å². The Hall–Kier alpha value is -4.14. The fourth-order valence-electron chi connectivity index (χ4n) is 4.31. The van der Waals surface area contributed by atoms with Crippen LogP contribution in [-0.2, 0) is 6.54 Å². The molecular weight excluding hydrogens is 490 g/mol. The Labute approximate surface area is 228 Å². The number of nitriles is 2. The molecule has 0 aliphatic heterocycles. The SMILES string of the molecule is CCC(C)c1ccc(Cn2c(N=Nc3nc(C(CC)CC)sc3-c3ccccc3)nc(C#N)c2C#N)cc1. The summed E-state index contributed by atoms with van der Waals surface area (Å²) in [6.07, 6.45) is 3.05. The molecule has 0 bridgehead atoms. The summed E-state index contributed by atoms with van der Waals surface area (Å²) in [5.74, 6) is 1.55. The predicted molar refractivity (Wildman–Crippen MR) is 151 cm³/mol. The summed E-state index contributed by atoms with van der Waals surface area (Å²) in [4.78, 5) is 10.1. The molecule has 7 nitrogen and oxygen atoms in total. The molecule has 0 spiro atoms. The highest BCUT2D eigenvalue weighted by atomic mass is 32.1. The maximum absolute atomic E-state index is 9.82. The molecule has 2 heterocycles. The van der Waals surface area contributed by atoms with Crippen molar-refractivity contribution in [1.29, 1.82) is 10.5 Å². The van der Waals surface area contributed by atoms with Crippen molar-refractivity contribution in [3.8, 4) is 22.6 Å². The van der Waals surface area contributed by atoms with E-state index in [0.29, 0.717) is 24.2 Å². The number of thiazole rings is 1. The van der Waals surface area contributed by atoms with E-state index in [1.807, 2.05) is 48.5 Å². The van der Waals surface area contributed by atoms with Gasteiger partial charge < -0.3 is 0 Å². The molecule has 0 saturated heterocycles. The summed E-state index contributed by atoms with van der Waals surface area (Å²) in [5, 5.41) is 29.4. The van der Waals surface area contributed by atoms with Crippen LogP contribution in [0.5, 0.6) is 0 Å². The van der Waals surface area contributed by atoms with Gasteiger partial charge in [0.25, 0.3) is 5.95 Å². The molecule has 0 fully saturated rings. The molecule has 0 radical (unpaired) electrons. The summed E-state index contributed by atoms with van der Waals surface area (Å²) in [6.45, 7) is 9.06. The summed E-state index contributed by atoms with van der Waals surface area (Å²) >= 11 is 1.64. The van der Waals surface area contributed by atoms with Crippen molar-refractivity contribution in [2.45, 2.75) is 65.3 Å². The van der Waals surface area contributed by atoms with Gasteiger partial charge in [-0.1, -0.05) is 82.3 Å². The second-order valence-corrected chi connectivity index (χ2v) is 10.3. The first-order valence-electron chi connectivity index (χ1n) is 13.0. The van der Waals surface area contributed by atoms with Gasteiger partial charge in [-0.25, -0.2) is 4.98 Å². The Kier molecular flexibility index (Phi) is 8.78. The van der Waals surface area contributed by atoms with Crippen LogP contribution in [0.2, 0.25) is 0 Å². The third kappa shape index (κ3) is 5.72. The van der Waals surface area contributed by atoms with E-state index in [-0.39, 0.29) is 17.3 Å². The fraction of sp³-hybridized carbons (Fsp3) is 0.333. The highest BCUT2D eigenvalue weighted by Crippen LogP contribution is 2.40. The van der Waals surface area contributed by atoms with Crippen LogP contribution in [0.1, 0.15) is 86.3 Å². The Morgan fingerprint density at radius 3 is 2.21 bits per heavy atom. The van der Waals surface area contributed by atoms with Crippen molar-refractivity contribution in [2.75, 3.05) is 0 Å². The number of azo groups is 1. The van der Waals surface area contributed by atoms with Crippen LogP contribution in [0.15, 0.2) is 64.8 Å². The van der Waals surface area contributed by atoms with Crippen LogP contribution in [0.3, 0.4) is 0 Å². The molecule has 4 aromatic rings. The van der Waals surface area contributed by atoms with E-state index in [9.17, 15) is 10.5 Å². The van der Waals surface area contributed by atoms with Crippen LogP contribution in [0.25, 0.3) is 10.4 Å². The van der Waals surface area contributed by atoms with E-state index in [1.165, 1.54) is 5.56 Å². The molecule has 0 saturated carbocycles. The first-order chi connectivity index (χ1) is 18.5. The third-order valence-electron chi connectivity index (χ3n) is 6.89. The normalized spacial score (nSPS) is 12.1. The quantitative estimate of drug-likeness (QED) is 0.195. The molecule has 0 amide bonds. The largest absolute Gasteiger partial charge is 0.293 e. The number of hydrogen-bond donors (Lipinski definition) is 0. The minimum absolute atomic E-state index is 0.0388. The summed E-state index contributed by atoms with van der Waals surface area (Å²) in [7, 11) is 0. The third-order valence-corrected chi connectivity index (χ3v) is 8.15. The number of nitrogens with zero attached hydrogens (tertiary/aromatic N) is 7. The zero-order valence-corrected chi connectivity index (χ0v) is 23.0. The van der Waals surface area contributed by atoms with Gasteiger partial charge in [-0.3, -0.25) is 4.57 Å². The Bertz CT molecular complexity index is 1480. The van der Waals surface area contributed by atoms with Gasteiger partial charge in [0.1, 0.15) is 12.1 Å². The number of imidazole rings is 1. The van der Waals surface area contributed by atoms with Crippen LogP contribution in [0, 0.1) is 22.7 Å². The zero-order chi connectivity index (χ0) is 27.1. The van der Waals surface area contributed by atoms with Gasteiger partial charge in [-0.05, 0) is 41.9 Å². The predicted octanol–water partition coefficient (Wildman–Crippen LogP) is 8.63. The van der Waals surface area contributed by atoms with Gasteiger partial charge in [-0.15, -0.1) is 21.6 Å². The van der Waals surface area contributed by atoms with Gasteiger partial charge in [0.05, 0.1) is 16.4 Å². The highest BCUT2D eigenvalue weighted by Gasteiger charge is 2.20. The lowest BCUT2D eigenvalue weighted by molar-refractivity contribution is 0.637. The first kappa shape index (κ1) is 26.9. The van der Waals surface area contributed by atoms with Crippen molar-refractivity contribution >= 4 is 23.1 Å². The second kappa shape index (κ2) is 12.4. The second-order valence-electron chi connectivity index (χ2n) is 9.25. The van der Waals surface area contributed by atoms with Crippen LogP contribution in [0.4, 0.5) is 11.8 Å². The average Bonchev–Trinajstić information content (AvgIpc) is 3.53. The van der Waals surface area contributed by atoms with Crippen molar-refractivity contribution < 1.29 is 0 Å². The molecule has 1 unspecified atom stereocenters. The van der Waals surface area contributed by atoms with E-state index in [2.05, 4.69) is 61.1 Å². The molecule has 2 aromatic carbocycles. The minimum atomic E-state index is 0.0388. The Morgan fingerprint density at radius 2 is 1.61 bits per heavy atom. The van der Waals surface area contributed by atoms with Gasteiger partial charge in [0.2, 0.25) is 0 Å². The maximum Gasteiger partial charge on any atom is 0.252 e. The number of rotatable bonds is 10. The lowest BCUT2D eigenvalue weighted by Crippen LogP contribution is -2.03. The molecule has 0 aliphatic carbocycles. The van der Waals surface area contributed by atoms with Crippen molar-refractivity contribution in [3.05, 3.63) is 82.1 Å². The molecule has 1 atom stereocenters. The van der Waals surface area contributed by atoms with Crippen LogP contribution in [-0.4, -0.2) is 14.5 Å². The standard InChI is InChI=1S/C30H31N7S/c1-5-20(4)23-15-13-21(14-16-23)19-37-26(18-32)25(17-31)33-30(37)36-35-28-27(24-11-9-8-10-12-24)38-29(34-28)22(6-2)7-3/h8-16,20,22H,5-7,19H2,1-4H3. The highest BCUT2D eigenvalue weighted by molar-refractivity contribution is 7.15. The topological polar surface area (TPSA) is 103 Å². The molecule has 0 N–H and O–H groups in total. The molecule has 0 aliphatic rings. The summed E-state index contributed by atoms with van der Waals surface area (Å²) < 4.78 is 1.65. The lowest BCUT2D eigenvalue weighted by Gasteiger charge is -2.11. The van der Waals surface area contributed by atoms with Crippen molar-refractivity contribution in [3.63, 3.8) is 0 Å². The van der Waals surface area contributed by atoms with Crippen molar-refractivity contribution in [1.82, 2.24) is 14.5 Å². The first-order valence-corrected chi connectivity index (χ1v) is 13.8. The van der Waals surface area contributed by atoms with E-state index in [0.717, 1.165) is 40.3 Å². The Morgan fingerprint density at radius 1 is 0.895 bits per heavy atom. The Balaban J connectivity index is 1.74. The van der Waals surface area contributed by atoms with Gasteiger partial charge >= 0.3 is 0 Å². The average molecular weight is 522 g/mol. The molecule has 192 valence electrons.